The Morgan fingerprint density at radius 3 is 0.884 bits per heavy atom. The molecule has 0 unspecified atom stereocenters. The van der Waals surface area contributed by atoms with Gasteiger partial charge in [-0.05, 0) is 280 Å². The van der Waals surface area contributed by atoms with E-state index < -0.39 is 65.4 Å². The summed E-state index contributed by atoms with van der Waals surface area (Å²) < 4.78 is 156. The van der Waals surface area contributed by atoms with Gasteiger partial charge in [0.15, 0.2) is 80.9 Å². The Labute approximate surface area is 843 Å². The van der Waals surface area contributed by atoms with E-state index in [0.29, 0.717) is 79.5 Å². The van der Waals surface area contributed by atoms with Crippen molar-refractivity contribution >= 4 is 69.4 Å². The van der Waals surface area contributed by atoms with Gasteiger partial charge in [0, 0.05) is 138 Å². The zero-order valence-electron chi connectivity index (χ0n) is 80.9. The SMILES string of the molecule is COc1ccc(C(=O)CCC(=O)c2ccc3c(c2)CCCO3)cc1.COc1cccc(C(=O)CCC(=O)c2ccc3c(c2)CCCO3)c1.COc1ccccc1C(=O)CCC(=O)c1ccc2c(c1)CCCO2.O=C(CCC(=O)c1ccc2c(c1)CCCO2)c1ccc(F)cc1.O=C(CCC(=O)c1ccc2c(c1)CCCO2)c1ccccc1.O=C(CCC(=O)c1ccccc1C(F)(F)F)c1ccc2c(c1)OC(F)(F)C(F)(F)O2. The topological polar surface area (TPSA) is 297 Å². The average molecular weight is 2020 g/mol. The molecule has 0 saturated heterocycles. The fourth-order valence-electron chi connectivity index (χ4n) is 16.7. The first-order valence-electron chi connectivity index (χ1n) is 48.0. The molecule has 0 bridgehead atoms. The van der Waals surface area contributed by atoms with Gasteiger partial charge in [0.2, 0.25) is 0 Å². The van der Waals surface area contributed by atoms with Crippen LogP contribution in [0.2, 0.25) is 0 Å². The van der Waals surface area contributed by atoms with Crippen LogP contribution in [-0.2, 0) is 38.3 Å². The minimum Gasteiger partial charge on any atom is -0.497 e. The molecule has 18 rings (SSSR count). The number of para-hydroxylation sites is 1. The molecule has 0 aromatic heterocycles. The number of benzene rings is 12. The second-order valence-electron chi connectivity index (χ2n) is 34.9. The van der Waals surface area contributed by atoms with Gasteiger partial charge in [-0.15, -0.1) is 0 Å². The van der Waals surface area contributed by atoms with Gasteiger partial charge in [0.1, 0.15) is 51.8 Å². The van der Waals surface area contributed by atoms with Gasteiger partial charge < -0.3 is 47.4 Å². The molecule has 0 atom stereocenters. The highest BCUT2D eigenvalue weighted by molar-refractivity contribution is 6.07. The summed E-state index contributed by atoms with van der Waals surface area (Å²) in [5.74, 6) is 2.15. The van der Waals surface area contributed by atoms with Gasteiger partial charge in [-0.2, -0.15) is 30.7 Å². The molecule has 12 aromatic carbocycles. The molecule has 0 aliphatic carbocycles. The maximum atomic E-state index is 13.3. The molecule has 0 amide bonds. The predicted molar refractivity (Wildman–Crippen MR) is 530 cm³/mol. The third kappa shape index (κ3) is 30.2. The molecule has 6 aliphatic heterocycles. The number of carbonyl (C=O) groups excluding carboxylic acids is 12. The van der Waals surface area contributed by atoms with Crippen molar-refractivity contribution < 1.29 is 140 Å². The predicted octanol–water partition coefficient (Wildman–Crippen LogP) is 25.0. The molecule has 0 spiro atoms. The number of fused-ring (bicyclic) bond motifs is 6. The van der Waals surface area contributed by atoms with Crippen LogP contribution in [0.1, 0.15) is 267 Å². The number of ketones is 12. The number of methoxy groups -OCH3 is 3. The highest BCUT2D eigenvalue weighted by atomic mass is 19.4. The van der Waals surface area contributed by atoms with Crippen LogP contribution >= 0.6 is 0 Å². The minimum atomic E-state index is -4.97. The van der Waals surface area contributed by atoms with E-state index in [0.717, 1.165) is 184 Å². The third-order valence-electron chi connectivity index (χ3n) is 24.7. The Morgan fingerprint density at radius 2 is 0.531 bits per heavy atom. The van der Waals surface area contributed by atoms with Gasteiger partial charge in [-0.1, -0.05) is 72.8 Å². The van der Waals surface area contributed by atoms with E-state index in [2.05, 4.69) is 9.47 Å². The maximum Gasteiger partial charge on any atom is 0.507 e. The molecule has 0 radical (unpaired) electrons. The molecule has 0 fully saturated rings. The summed E-state index contributed by atoms with van der Waals surface area (Å²) in [6.45, 7) is 3.65. The van der Waals surface area contributed by atoms with Crippen molar-refractivity contribution in [1.82, 2.24) is 0 Å². The maximum absolute atomic E-state index is 13.3. The Morgan fingerprint density at radius 1 is 0.259 bits per heavy atom. The quantitative estimate of drug-likeness (QED) is 0.0273. The lowest BCUT2D eigenvalue weighted by Crippen LogP contribution is -2.52. The van der Waals surface area contributed by atoms with Crippen molar-refractivity contribution in [1.29, 1.82) is 0 Å². The second kappa shape index (κ2) is 51.6. The highest BCUT2D eigenvalue weighted by Gasteiger charge is 2.66. The molecule has 762 valence electrons. The van der Waals surface area contributed by atoms with Crippen LogP contribution in [0.5, 0.6) is 57.5 Å². The summed E-state index contributed by atoms with van der Waals surface area (Å²) in [5.41, 5.74) is 9.35. The number of halogens is 8. The lowest BCUT2D eigenvalue weighted by atomic mass is 9.97. The van der Waals surface area contributed by atoms with Crippen LogP contribution in [0.15, 0.2) is 261 Å². The molecule has 6 heterocycles. The van der Waals surface area contributed by atoms with Gasteiger partial charge in [0.05, 0.1) is 65.5 Å². The average Bonchev–Trinajstić information content (AvgIpc) is 0.757. The summed E-state index contributed by atoms with van der Waals surface area (Å²) in [5, 5.41) is 0. The number of ether oxygens (including phenoxy) is 10. The normalized spacial score (nSPS) is 13.7. The first kappa shape index (κ1) is 108. The van der Waals surface area contributed by atoms with E-state index >= 15 is 0 Å². The molecular weight excluding hydrogens is 1910 g/mol. The van der Waals surface area contributed by atoms with E-state index in [1.165, 1.54) is 37.4 Å². The Bertz CT molecular complexity index is 6790. The van der Waals surface area contributed by atoms with Crippen molar-refractivity contribution in [2.24, 2.45) is 0 Å². The molecular formula is C117H106F8O22. The molecule has 30 heteroatoms. The zero-order valence-corrected chi connectivity index (χ0v) is 80.9. The lowest BCUT2D eigenvalue weighted by Gasteiger charge is -2.31. The van der Waals surface area contributed by atoms with Crippen LogP contribution in [0, 0.1) is 5.82 Å². The number of rotatable bonds is 33. The Kier molecular flexibility index (Phi) is 38.0. The number of hydrogen-bond donors (Lipinski definition) is 0. The van der Waals surface area contributed by atoms with Gasteiger partial charge in [0.25, 0.3) is 0 Å². The fourth-order valence-corrected chi connectivity index (χ4v) is 16.7. The minimum absolute atomic E-state index is 0.00904. The molecule has 0 N–H and O–H groups in total. The number of Topliss-reactive ketones (excluding diaryl/α,β-unsaturated/α-hetero) is 12. The Balaban J connectivity index is 0.000000148. The standard InChI is InChI=1S/3C20H20O4.C19H11F7O4.C19H17FO3.C19H18O3/c1-23-17-6-2-4-14(13-17)18(21)8-9-19(22)15-7-10-20-16(12-15)5-3-11-24-20;1-23-17-7-4-14(5-8-17)18(21)9-10-19(22)15-6-11-20-16(13-15)3-2-12-24-20;1-23-20-7-3-2-6-16(20)18(22)10-9-17(21)14-8-11-19-15(13-14)5-4-12-24-19;20-17(21,22)12-4-2-1-3-11(12)14(28)7-6-13(27)10-5-8-15-16(9-10)30-19(25,26)18(23,24)29-15;20-16-6-3-13(4-7-16)17(21)8-9-18(22)14-5-10-19-15(12-14)2-1-11-23-19;20-17(14-5-2-1-3-6-14)9-10-18(21)15-8-11-19-16(13-15)7-4-12-22-19/h2,4,6-7,10,12-13H,3,5,8-9,11H2,1H3;4-8,11,13H,2-3,9-10,12H2,1H3;2-3,6-8,11,13H,4-5,9-10,12H2,1H3;1-5,8-9H,6-7H2;3-7,10,12H,1-2,8-9,11H2;1-3,5-6,8,11,13H,4,7,9-10,12H2. The number of alkyl halides is 7. The van der Waals surface area contributed by atoms with Crippen molar-refractivity contribution in [2.45, 2.75) is 160 Å². The van der Waals surface area contributed by atoms with Crippen LogP contribution in [0.4, 0.5) is 35.1 Å². The first-order valence-corrected chi connectivity index (χ1v) is 48.0. The van der Waals surface area contributed by atoms with Crippen molar-refractivity contribution in [3.8, 4) is 57.5 Å². The van der Waals surface area contributed by atoms with Gasteiger partial charge in [-0.3, -0.25) is 57.5 Å². The van der Waals surface area contributed by atoms with Crippen molar-refractivity contribution in [2.75, 3.05) is 54.4 Å². The van der Waals surface area contributed by atoms with E-state index in [1.54, 1.807) is 123 Å². The van der Waals surface area contributed by atoms with Gasteiger partial charge >= 0.3 is 18.4 Å². The van der Waals surface area contributed by atoms with E-state index in [-0.39, 0.29) is 133 Å². The van der Waals surface area contributed by atoms with Gasteiger partial charge in [-0.25, -0.2) is 4.39 Å². The summed E-state index contributed by atoms with van der Waals surface area (Å²) >= 11 is 0. The van der Waals surface area contributed by atoms with E-state index in [9.17, 15) is 92.7 Å². The van der Waals surface area contributed by atoms with Crippen molar-refractivity contribution in [3.05, 3.63) is 367 Å². The molecule has 22 nitrogen and oxygen atoms in total. The summed E-state index contributed by atoms with van der Waals surface area (Å²) in [6.07, 6.45) is -4.35. The lowest BCUT2D eigenvalue weighted by molar-refractivity contribution is -0.391. The first-order chi connectivity index (χ1) is 70.7. The number of hydrogen-bond acceptors (Lipinski definition) is 22. The van der Waals surface area contributed by atoms with E-state index in [4.69, 9.17) is 37.9 Å². The summed E-state index contributed by atoms with van der Waals surface area (Å²) in [6, 6.07) is 69.7. The molecule has 0 saturated carbocycles. The smallest absolute Gasteiger partial charge is 0.497 e. The van der Waals surface area contributed by atoms with Crippen LogP contribution in [0.25, 0.3) is 0 Å². The van der Waals surface area contributed by atoms with Crippen LogP contribution < -0.4 is 47.4 Å². The Hall–Kier alpha value is -15.9. The van der Waals surface area contributed by atoms with Crippen LogP contribution in [-0.4, -0.2) is 136 Å². The number of carbonyl (C=O) groups is 12. The third-order valence-corrected chi connectivity index (χ3v) is 24.7. The van der Waals surface area contributed by atoms with Crippen molar-refractivity contribution in [3.63, 3.8) is 0 Å². The zero-order chi connectivity index (χ0) is 105. The van der Waals surface area contributed by atoms with Crippen LogP contribution in [0.3, 0.4) is 0 Å². The second-order valence-corrected chi connectivity index (χ2v) is 34.9. The summed E-state index contributed by atoms with van der Waals surface area (Å²) in [7, 11) is 4.68. The number of aryl methyl sites for hydroxylation is 5. The highest BCUT2D eigenvalue weighted by Crippen LogP contribution is 2.48. The molecule has 12 aromatic rings. The largest absolute Gasteiger partial charge is 0.507 e. The monoisotopic (exact) mass is 2010 g/mol. The fraction of sp³-hybridized carbons (Fsp3) is 0.282. The molecule has 6 aliphatic rings. The molecule has 147 heavy (non-hydrogen) atoms. The van der Waals surface area contributed by atoms with E-state index in [1.807, 2.05) is 84.9 Å². The summed E-state index contributed by atoms with van der Waals surface area (Å²) in [4.78, 5) is 147.